The molecule has 0 spiro atoms. The number of hydrogen-bond acceptors (Lipinski definition) is 20. The second kappa shape index (κ2) is 21.8. The second-order valence-corrected chi connectivity index (χ2v) is 19.3. The highest BCUT2D eigenvalue weighted by atomic mass is 32.2. The summed E-state index contributed by atoms with van der Waals surface area (Å²) in [7, 11) is -16.5. The quantitative estimate of drug-likeness (QED) is 0.0446. The smallest absolute Gasteiger partial charge is 0.465 e. The first-order chi connectivity index (χ1) is 27.4. The predicted molar refractivity (Wildman–Crippen MR) is 205 cm³/mol. The van der Waals surface area contributed by atoms with Gasteiger partial charge in [-0.15, -0.1) is 0 Å². The Hall–Kier alpha value is -2.82. The molecule has 27 nitrogen and oxygen atoms in total. The Morgan fingerprint density at radius 3 is 2.36 bits per heavy atom. The van der Waals surface area contributed by atoms with Gasteiger partial charge in [-0.05, 0) is 18.4 Å². The first-order valence-corrected chi connectivity index (χ1v) is 23.8. The van der Waals surface area contributed by atoms with Crippen LogP contribution >= 0.6 is 47.0 Å². The molecule has 1 saturated heterocycles. The molecule has 32 heteroatoms. The molecule has 334 valence electrons. The van der Waals surface area contributed by atoms with Crippen LogP contribution in [0, 0.1) is 5.41 Å². The Morgan fingerprint density at radius 1 is 1.03 bits per heavy atom. The zero-order valence-corrected chi connectivity index (χ0v) is 35.6. The van der Waals surface area contributed by atoms with Crippen molar-refractivity contribution in [3.8, 4) is 0 Å². The molecule has 59 heavy (non-hydrogen) atoms. The molecule has 0 saturated carbocycles. The number of amides is 3. The van der Waals surface area contributed by atoms with Crippen LogP contribution in [0.1, 0.15) is 32.9 Å². The summed E-state index contributed by atoms with van der Waals surface area (Å²) in [5, 5.41) is 37.0. The molecule has 8 atom stereocenters. The highest BCUT2D eigenvalue weighted by molar-refractivity contribution is 8.13. The third-order valence-electron chi connectivity index (χ3n) is 7.94. The Balaban J connectivity index is 1.47. The Morgan fingerprint density at radius 2 is 1.71 bits per heavy atom. The monoisotopic (exact) mass is 942 g/mol. The van der Waals surface area contributed by atoms with Crippen LogP contribution in [-0.4, -0.2) is 152 Å². The third kappa shape index (κ3) is 15.9. The zero-order chi connectivity index (χ0) is 44.3. The van der Waals surface area contributed by atoms with Crippen LogP contribution in [0.2, 0.25) is 0 Å². The van der Waals surface area contributed by atoms with Crippen LogP contribution in [0.15, 0.2) is 12.7 Å². The van der Waals surface area contributed by atoms with E-state index in [4.69, 9.17) is 24.6 Å². The van der Waals surface area contributed by atoms with Gasteiger partial charge in [-0.1, -0.05) is 25.6 Å². The number of carbonyl (C=O) groups excluding carboxylic acids is 3. The van der Waals surface area contributed by atoms with Gasteiger partial charge in [0.2, 0.25) is 16.9 Å². The molecule has 3 amide bonds. The van der Waals surface area contributed by atoms with Crippen molar-refractivity contribution in [1.29, 1.82) is 0 Å². The maximum Gasteiger partial charge on any atom is 0.481 e. The van der Waals surface area contributed by atoms with Crippen molar-refractivity contribution in [1.82, 2.24) is 35.5 Å². The number of aliphatic hydroxyl groups excluding tert-OH is 2. The van der Waals surface area contributed by atoms with E-state index in [-0.39, 0.29) is 42.2 Å². The SMILES string of the molecule is CSCCC(NC(=O)O)C(=O)SCCNC(=O)CCNC(=O)C(O)C(C)(C)COP(=O)(O)OP(=O)(O)OCC1OC(n2cnc3c(N)ncnc32)C(O)C1OP(=O)(O)O. The van der Waals surface area contributed by atoms with Gasteiger partial charge in [0.05, 0.1) is 19.5 Å². The van der Waals surface area contributed by atoms with Crippen LogP contribution in [0.3, 0.4) is 0 Å². The van der Waals surface area contributed by atoms with Gasteiger partial charge in [-0.3, -0.25) is 32.5 Å². The molecule has 2 aromatic rings. The van der Waals surface area contributed by atoms with Crippen molar-refractivity contribution in [2.75, 3.05) is 49.8 Å². The van der Waals surface area contributed by atoms with E-state index < -0.39 is 102 Å². The minimum Gasteiger partial charge on any atom is -0.465 e. The van der Waals surface area contributed by atoms with Gasteiger partial charge in [0.1, 0.15) is 42.3 Å². The number of anilines is 1. The van der Waals surface area contributed by atoms with Crippen LogP contribution in [0.5, 0.6) is 0 Å². The van der Waals surface area contributed by atoms with Crippen molar-refractivity contribution in [3.05, 3.63) is 12.7 Å². The number of phosphoric ester groups is 3. The number of rotatable bonds is 24. The maximum atomic E-state index is 12.7. The molecule has 1 aliphatic rings. The number of fused-ring (bicyclic) bond motifs is 1. The van der Waals surface area contributed by atoms with Gasteiger partial charge in [0.15, 0.2) is 17.7 Å². The Bertz CT molecular complexity index is 1940. The highest BCUT2D eigenvalue weighted by Gasteiger charge is 2.50. The van der Waals surface area contributed by atoms with Crippen molar-refractivity contribution in [3.63, 3.8) is 0 Å². The fraction of sp³-hybridized carbons (Fsp3) is 0.667. The average molecular weight is 943 g/mol. The summed E-state index contributed by atoms with van der Waals surface area (Å²) in [6.45, 7) is 0.160. The number of aromatic nitrogens is 4. The summed E-state index contributed by atoms with van der Waals surface area (Å²) < 4.78 is 62.1. The van der Waals surface area contributed by atoms with Crippen LogP contribution in [0.4, 0.5) is 10.6 Å². The first-order valence-electron chi connectivity index (χ1n) is 16.9. The summed E-state index contributed by atoms with van der Waals surface area (Å²) in [4.78, 5) is 99.0. The van der Waals surface area contributed by atoms with Gasteiger partial charge in [-0.2, -0.15) is 16.1 Å². The molecule has 3 rings (SSSR count). The number of carbonyl (C=O) groups is 4. The number of nitrogens with two attached hydrogens (primary N) is 1. The fourth-order valence-corrected chi connectivity index (χ4v) is 9.10. The number of hydrogen-bond donors (Lipinski definition) is 11. The number of aliphatic hydroxyl groups is 2. The number of thioether (sulfide) groups is 2. The number of phosphoric acid groups is 3. The molecular formula is C27H45N8O19P3S2. The zero-order valence-electron chi connectivity index (χ0n) is 31.3. The number of nitrogen functional groups attached to an aromatic ring is 1. The summed E-state index contributed by atoms with van der Waals surface area (Å²) in [5.74, 6) is -0.910. The number of nitrogens with zero attached hydrogens (tertiary/aromatic N) is 4. The van der Waals surface area contributed by atoms with Crippen molar-refractivity contribution < 1.29 is 90.4 Å². The number of carboxylic acid groups (broad SMARTS) is 1. The second-order valence-electron chi connectivity index (χ2n) is 13.0. The molecule has 3 heterocycles. The largest absolute Gasteiger partial charge is 0.481 e. The first kappa shape index (κ1) is 50.5. The van der Waals surface area contributed by atoms with E-state index in [0.29, 0.717) is 12.2 Å². The minimum atomic E-state index is -5.60. The van der Waals surface area contributed by atoms with E-state index in [1.54, 1.807) is 0 Å². The lowest BCUT2D eigenvalue weighted by molar-refractivity contribution is -0.137. The van der Waals surface area contributed by atoms with Gasteiger partial charge < -0.3 is 61.3 Å². The molecule has 0 aliphatic carbocycles. The van der Waals surface area contributed by atoms with Crippen molar-refractivity contribution in [2.24, 2.45) is 5.41 Å². The summed E-state index contributed by atoms with van der Waals surface area (Å²) in [6.07, 6.45) is -6.36. The van der Waals surface area contributed by atoms with E-state index in [1.807, 2.05) is 6.26 Å². The molecule has 0 aromatic carbocycles. The lowest BCUT2D eigenvalue weighted by atomic mass is 9.87. The van der Waals surface area contributed by atoms with E-state index in [0.717, 1.165) is 29.0 Å². The molecule has 0 bridgehead atoms. The topological polar surface area (TPSA) is 413 Å². The van der Waals surface area contributed by atoms with Crippen molar-refractivity contribution >= 4 is 87.0 Å². The normalized spacial score (nSPS) is 21.6. The number of imidazole rings is 1. The van der Waals surface area contributed by atoms with Crippen molar-refractivity contribution in [2.45, 2.75) is 63.4 Å². The summed E-state index contributed by atoms with van der Waals surface area (Å²) in [6, 6.07) is -0.905. The molecule has 8 unspecified atom stereocenters. The van der Waals surface area contributed by atoms with E-state index in [9.17, 15) is 62.7 Å². The molecule has 0 radical (unpaired) electrons. The Kier molecular flexibility index (Phi) is 18.7. The maximum absolute atomic E-state index is 12.7. The van der Waals surface area contributed by atoms with E-state index in [2.05, 4.69) is 39.7 Å². The lowest BCUT2D eigenvalue weighted by Gasteiger charge is -2.30. The number of ether oxygens (including phenoxy) is 1. The standard InChI is InChI=1S/C27H45N8O19P3S2/c1-27(2,20(38)23(39)30-6-4-16(36)29-7-9-59-25(40)14(5-8-58-3)34-26(41)42)11-51-57(48,49)54-56(46,47)50-10-15-19(53-55(43,44)45)18(37)24(52-15)35-13-33-17-21(28)31-12-32-22(17)35/h12-15,18-20,24,34,37-38H,4-11H2,1-3H3,(H,29,36)(H,30,39)(H,41,42)(H,46,47)(H,48,49)(H2,28,31,32)(H2,43,44,45). The van der Waals surface area contributed by atoms with Gasteiger partial charge in [0.25, 0.3) is 0 Å². The molecular weight excluding hydrogens is 897 g/mol. The molecule has 2 aromatic heterocycles. The van der Waals surface area contributed by atoms with Crippen LogP contribution < -0.4 is 21.7 Å². The predicted octanol–water partition coefficient (Wildman–Crippen LogP) is -0.946. The molecule has 1 aliphatic heterocycles. The summed E-state index contributed by atoms with van der Waals surface area (Å²) in [5.41, 5.74) is 4.19. The molecule has 1 fully saturated rings. The lowest BCUT2D eigenvalue weighted by Crippen LogP contribution is -2.46. The van der Waals surface area contributed by atoms with E-state index >= 15 is 0 Å². The van der Waals surface area contributed by atoms with Gasteiger partial charge >= 0.3 is 29.6 Å². The molecule has 12 N–H and O–H groups in total. The van der Waals surface area contributed by atoms with Crippen LogP contribution in [0.25, 0.3) is 11.2 Å². The Labute approximate surface area is 343 Å². The van der Waals surface area contributed by atoms with Gasteiger partial charge in [0, 0.05) is 30.7 Å². The minimum absolute atomic E-state index is 0.0184. The van der Waals surface area contributed by atoms with E-state index in [1.165, 1.54) is 25.6 Å². The van der Waals surface area contributed by atoms with Crippen LogP contribution in [-0.2, 0) is 50.7 Å². The fourth-order valence-electron chi connectivity index (χ4n) is 5.02. The van der Waals surface area contributed by atoms with Gasteiger partial charge in [-0.25, -0.2) is 33.4 Å². The third-order valence-corrected chi connectivity index (χ3v) is 12.7. The highest BCUT2D eigenvalue weighted by Crippen LogP contribution is 2.61. The number of nitrogens with one attached hydrogen (secondary N) is 3. The summed E-state index contributed by atoms with van der Waals surface area (Å²) >= 11 is 2.28. The average Bonchev–Trinajstić information content (AvgIpc) is 3.69.